The number of thiophene rings is 1. The van der Waals surface area contributed by atoms with Crippen LogP contribution in [0.3, 0.4) is 0 Å². The van der Waals surface area contributed by atoms with Crippen LogP contribution < -0.4 is 10.1 Å². The average Bonchev–Trinajstić information content (AvgIpc) is 2.87. The van der Waals surface area contributed by atoms with Crippen molar-refractivity contribution in [3.05, 3.63) is 45.1 Å². The molecule has 0 radical (unpaired) electrons. The van der Waals surface area contributed by atoms with E-state index in [0.717, 1.165) is 4.88 Å². The van der Waals surface area contributed by atoms with E-state index in [1.54, 1.807) is 12.1 Å². The highest BCUT2D eigenvalue weighted by molar-refractivity contribution is 7.12. The maximum Gasteiger partial charge on any atom is 0.387 e. The lowest BCUT2D eigenvalue weighted by molar-refractivity contribution is -0.0497. The summed E-state index contributed by atoms with van der Waals surface area (Å²) < 4.78 is 28.4. The monoisotopic (exact) mass is 314 g/mol. The van der Waals surface area contributed by atoms with Gasteiger partial charge in [0.1, 0.15) is 16.7 Å². The third-order valence-corrected chi connectivity index (χ3v) is 3.67. The van der Waals surface area contributed by atoms with Gasteiger partial charge in [0.25, 0.3) is 0 Å². The van der Waals surface area contributed by atoms with Crippen LogP contribution in [-0.4, -0.2) is 6.61 Å². The fourth-order valence-electron chi connectivity index (χ4n) is 1.52. The minimum absolute atomic E-state index is 0.0601. The third-order valence-electron chi connectivity index (χ3n) is 2.39. The van der Waals surface area contributed by atoms with Crippen molar-refractivity contribution >= 4 is 28.6 Å². The number of nitrogens with zero attached hydrogens (tertiary/aromatic N) is 1. The first-order valence-corrected chi connectivity index (χ1v) is 6.75. The Kier molecular flexibility index (Phi) is 4.77. The molecule has 0 aliphatic rings. The average molecular weight is 315 g/mol. The zero-order valence-corrected chi connectivity index (χ0v) is 11.6. The predicted octanol–water partition coefficient (Wildman–Crippen LogP) is 4.49. The largest absolute Gasteiger partial charge is 0.433 e. The van der Waals surface area contributed by atoms with Gasteiger partial charge in [0.05, 0.1) is 5.02 Å². The number of hydrogen-bond donors (Lipinski definition) is 1. The highest BCUT2D eigenvalue weighted by Gasteiger charge is 2.09. The van der Waals surface area contributed by atoms with Crippen molar-refractivity contribution in [2.75, 3.05) is 5.32 Å². The Bertz CT molecular complexity index is 640. The zero-order valence-electron chi connectivity index (χ0n) is 10.1. The minimum Gasteiger partial charge on any atom is -0.433 e. The molecular formula is C13H9ClF2N2OS. The van der Waals surface area contributed by atoms with Gasteiger partial charge in [-0.25, -0.2) is 0 Å². The second kappa shape index (κ2) is 6.55. The van der Waals surface area contributed by atoms with Gasteiger partial charge in [0.2, 0.25) is 0 Å². The summed E-state index contributed by atoms with van der Waals surface area (Å²) >= 11 is 7.23. The summed E-state index contributed by atoms with van der Waals surface area (Å²) in [4.78, 5) is 1.63. The van der Waals surface area contributed by atoms with E-state index >= 15 is 0 Å². The number of nitriles is 1. The normalized spacial score (nSPS) is 10.3. The molecule has 0 bridgehead atoms. The van der Waals surface area contributed by atoms with Crippen molar-refractivity contribution in [3.8, 4) is 11.8 Å². The topological polar surface area (TPSA) is 45.0 Å². The van der Waals surface area contributed by atoms with Gasteiger partial charge in [0.15, 0.2) is 0 Å². The van der Waals surface area contributed by atoms with E-state index in [4.69, 9.17) is 16.9 Å². The second-order valence-electron chi connectivity index (χ2n) is 3.76. The summed E-state index contributed by atoms with van der Waals surface area (Å²) in [6.07, 6.45) is 0. The number of rotatable bonds is 5. The van der Waals surface area contributed by atoms with E-state index in [-0.39, 0.29) is 10.8 Å². The minimum atomic E-state index is -2.90. The van der Waals surface area contributed by atoms with Crippen LogP contribution in [0.1, 0.15) is 9.75 Å². The molecule has 0 atom stereocenters. The van der Waals surface area contributed by atoms with E-state index < -0.39 is 6.61 Å². The Morgan fingerprint density at radius 2 is 2.15 bits per heavy atom. The number of hydrogen-bond acceptors (Lipinski definition) is 4. The molecule has 0 amide bonds. The molecular weight excluding hydrogens is 306 g/mol. The number of ether oxygens (including phenoxy) is 1. The molecule has 1 aromatic carbocycles. The van der Waals surface area contributed by atoms with Gasteiger partial charge in [-0.15, -0.1) is 11.3 Å². The van der Waals surface area contributed by atoms with Crippen molar-refractivity contribution < 1.29 is 13.5 Å². The highest BCUT2D eigenvalue weighted by Crippen LogP contribution is 2.29. The first-order chi connectivity index (χ1) is 9.58. The van der Waals surface area contributed by atoms with Gasteiger partial charge < -0.3 is 10.1 Å². The van der Waals surface area contributed by atoms with Gasteiger partial charge in [-0.2, -0.15) is 14.0 Å². The highest BCUT2D eigenvalue weighted by atomic mass is 35.5. The molecule has 1 N–H and O–H groups in total. The standard InChI is InChI=1S/C13H9ClF2N2OS/c14-11-5-8(1-4-12(11)19-13(15)16)18-7-10-3-2-9(6-17)20-10/h1-5,13,18H,7H2. The van der Waals surface area contributed by atoms with E-state index in [9.17, 15) is 8.78 Å². The Labute approximate surface area is 123 Å². The van der Waals surface area contributed by atoms with Crippen LogP contribution in [0.15, 0.2) is 30.3 Å². The number of alkyl halides is 2. The van der Waals surface area contributed by atoms with E-state index in [2.05, 4.69) is 16.1 Å². The van der Waals surface area contributed by atoms with Crippen molar-refractivity contribution in [3.63, 3.8) is 0 Å². The fraction of sp³-hybridized carbons (Fsp3) is 0.154. The van der Waals surface area contributed by atoms with Crippen LogP contribution in [0.5, 0.6) is 5.75 Å². The molecule has 0 spiro atoms. The van der Waals surface area contributed by atoms with E-state index in [1.165, 1.54) is 23.5 Å². The molecule has 1 heterocycles. The predicted molar refractivity (Wildman–Crippen MR) is 74.4 cm³/mol. The van der Waals surface area contributed by atoms with Crippen LogP contribution in [0, 0.1) is 11.3 Å². The van der Waals surface area contributed by atoms with Crippen LogP contribution >= 0.6 is 22.9 Å². The Morgan fingerprint density at radius 3 is 2.75 bits per heavy atom. The number of nitrogens with one attached hydrogen (secondary N) is 1. The number of anilines is 1. The van der Waals surface area contributed by atoms with Gasteiger partial charge >= 0.3 is 6.61 Å². The zero-order chi connectivity index (χ0) is 14.5. The maximum absolute atomic E-state index is 12.1. The summed E-state index contributed by atoms with van der Waals surface area (Å²) in [5.74, 6) is -0.0601. The third kappa shape index (κ3) is 3.83. The first-order valence-electron chi connectivity index (χ1n) is 5.55. The molecule has 0 saturated carbocycles. The second-order valence-corrected chi connectivity index (χ2v) is 5.33. The fourth-order valence-corrected chi connectivity index (χ4v) is 2.49. The Balaban J connectivity index is 2.00. The van der Waals surface area contributed by atoms with Crippen LogP contribution in [0.25, 0.3) is 0 Å². The smallest absolute Gasteiger partial charge is 0.387 e. The molecule has 1 aromatic heterocycles. The summed E-state index contributed by atoms with van der Waals surface area (Å²) in [6.45, 7) is -2.38. The molecule has 0 aliphatic heterocycles. The molecule has 0 aliphatic carbocycles. The first kappa shape index (κ1) is 14.6. The maximum atomic E-state index is 12.1. The molecule has 20 heavy (non-hydrogen) atoms. The van der Waals surface area contributed by atoms with Crippen molar-refractivity contribution in [2.45, 2.75) is 13.2 Å². The molecule has 3 nitrogen and oxygen atoms in total. The molecule has 0 saturated heterocycles. The number of benzene rings is 1. The van der Waals surface area contributed by atoms with Crippen molar-refractivity contribution in [1.82, 2.24) is 0 Å². The lowest BCUT2D eigenvalue weighted by Crippen LogP contribution is -2.03. The number of halogens is 3. The van der Waals surface area contributed by atoms with Crippen LogP contribution in [-0.2, 0) is 6.54 Å². The van der Waals surface area contributed by atoms with Crippen LogP contribution in [0.4, 0.5) is 14.5 Å². The summed E-state index contributed by atoms with van der Waals surface area (Å²) in [6, 6.07) is 10.2. The van der Waals surface area contributed by atoms with Crippen molar-refractivity contribution in [2.24, 2.45) is 0 Å². The molecule has 104 valence electrons. The van der Waals surface area contributed by atoms with Gasteiger partial charge in [0, 0.05) is 17.1 Å². The lowest BCUT2D eigenvalue weighted by Gasteiger charge is -2.09. The quantitative estimate of drug-likeness (QED) is 0.884. The van der Waals surface area contributed by atoms with E-state index in [0.29, 0.717) is 17.1 Å². The molecule has 2 rings (SSSR count). The van der Waals surface area contributed by atoms with Crippen LogP contribution in [0.2, 0.25) is 5.02 Å². The van der Waals surface area contributed by atoms with Gasteiger partial charge in [-0.05, 0) is 30.3 Å². The molecule has 7 heteroatoms. The van der Waals surface area contributed by atoms with Crippen molar-refractivity contribution in [1.29, 1.82) is 5.26 Å². The summed E-state index contributed by atoms with van der Waals surface area (Å²) in [7, 11) is 0. The summed E-state index contributed by atoms with van der Waals surface area (Å²) in [5.41, 5.74) is 0.684. The van der Waals surface area contributed by atoms with Gasteiger partial charge in [-0.3, -0.25) is 0 Å². The molecule has 2 aromatic rings. The van der Waals surface area contributed by atoms with Gasteiger partial charge in [-0.1, -0.05) is 11.6 Å². The SMILES string of the molecule is N#Cc1ccc(CNc2ccc(OC(F)F)c(Cl)c2)s1. The Morgan fingerprint density at radius 1 is 1.35 bits per heavy atom. The summed E-state index contributed by atoms with van der Waals surface area (Å²) in [5, 5.41) is 11.9. The van der Waals surface area contributed by atoms with E-state index in [1.807, 2.05) is 6.07 Å². The Hall–Kier alpha value is -1.84. The molecule has 0 unspecified atom stereocenters. The lowest BCUT2D eigenvalue weighted by atomic mass is 10.3. The molecule has 0 fully saturated rings.